The van der Waals surface area contributed by atoms with Crippen LogP contribution in [-0.4, -0.2) is 5.91 Å². The molecule has 0 spiro atoms. The lowest BCUT2D eigenvalue weighted by molar-refractivity contribution is 0.0822. The first-order chi connectivity index (χ1) is 10.1. The van der Waals surface area contributed by atoms with E-state index in [0.29, 0.717) is 17.9 Å². The van der Waals surface area contributed by atoms with E-state index in [4.69, 9.17) is 10.2 Å². The van der Waals surface area contributed by atoms with E-state index in [1.165, 1.54) is 6.26 Å². The van der Waals surface area contributed by atoms with Crippen molar-refractivity contribution < 1.29 is 9.21 Å². The van der Waals surface area contributed by atoms with Gasteiger partial charge in [0, 0.05) is 4.47 Å². The van der Waals surface area contributed by atoms with E-state index in [1.807, 2.05) is 12.1 Å². The average molecular weight is 386 g/mol. The summed E-state index contributed by atoms with van der Waals surface area (Å²) in [4.78, 5) is 12.4. The van der Waals surface area contributed by atoms with Gasteiger partial charge in [-0.3, -0.25) is 4.79 Å². The molecule has 0 radical (unpaired) electrons. The Morgan fingerprint density at radius 2 is 2.00 bits per heavy atom. The van der Waals surface area contributed by atoms with Crippen molar-refractivity contribution in [3.05, 3.63) is 58.0 Å². The standard InChI is InChI=1S/C16H17BrN2O2.ClH/c17-13-4-2-12(3-5-13)16(6-1-7-16)19-15(20)11-8-14(9-18)21-10-11;/h2-5,8,10H,1,6-7,9,18H2,(H,19,20);1H. The maximum absolute atomic E-state index is 12.4. The van der Waals surface area contributed by atoms with Crippen LogP contribution in [-0.2, 0) is 12.1 Å². The van der Waals surface area contributed by atoms with Crippen molar-refractivity contribution in [1.82, 2.24) is 5.32 Å². The number of hydrogen-bond acceptors (Lipinski definition) is 3. The Morgan fingerprint density at radius 3 is 2.50 bits per heavy atom. The molecule has 0 aliphatic heterocycles. The summed E-state index contributed by atoms with van der Waals surface area (Å²) in [5, 5.41) is 3.16. The number of hydrogen-bond donors (Lipinski definition) is 2. The van der Waals surface area contributed by atoms with E-state index in [1.54, 1.807) is 6.07 Å². The van der Waals surface area contributed by atoms with Gasteiger partial charge < -0.3 is 15.5 Å². The van der Waals surface area contributed by atoms with Crippen LogP contribution in [0.25, 0.3) is 0 Å². The molecule has 0 unspecified atom stereocenters. The lowest BCUT2D eigenvalue weighted by Crippen LogP contribution is -2.50. The van der Waals surface area contributed by atoms with E-state index < -0.39 is 0 Å². The highest BCUT2D eigenvalue weighted by molar-refractivity contribution is 9.10. The molecule has 1 fully saturated rings. The van der Waals surface area contributed by atoms with Gasteiger partial charge in [0.05, 0.1) is 17.6 Å². The van der Waals surface area contributed by atoms with Crippen molar-refractivity contribution in [2.24, 2.45) is 5.73 Å². The van der Waals surface area contributed by atoms with E-state index in [0.717, 1.165) is 29.3 Å². The van der Waals surface area contributed by atoms with Gasteiger partial charge in [-0.2, -0.15) is 0 Å². The first kappa shape index (κ1) is 17.1. The second-order valence-electron chi connectivity index (χ2n) is 5.40. The van der Waals surface area contributed by atoms with Gasteiger partial charge in [-0.05, 0) is 43.0 Å². The monoisotopic (exact) mass is 384 g/mol. The third kappa shape index (κ3) is 3.21. The number of nitrogens with two attached hydrogens (primary N) is 1. The summed E-state index contributed by atoms with van der Waals surface area (Å²) in [6, 6.07) is 9.83. The molecule has 1 aromatic heterocycles. The highest BCUT2D eigenvalue weighted by atomic mass is 79.9. The molecule has 2 aromatic rings. The highest BCUT2D eigenvalue weighted by Gasteiger charge is 2.40. The summed E-state index contributed by atoms with van der Waals surface area (Å²) in [6.07, 6.45) is 4.51. The fraction of sp³-hybridized carbons (Fsp3) is 0.312. The van der Waals surface area contributed by atoms with Crippen LogP contribution in [0, 0.1) is 0 Å². The summed E-state index contributed by atoms with van der Waals surface area (Å²) < 4.78 is 6.27. The molecule has 3 rings (SSSR count). The Hall–Kier alpha value is -1.30. The molecule has 4 nitrogen and oxygen atoms in total. The van der Waals surface area contributed by atoms with E-state index >= 15 is 0 Å². The van der Waals surface area contributed by atoms with E-state index in [-0.39, 0.29) is 23.9 Å². The zero-order valence-electron chi connectivity index (χ0n) is 12.0. The third-order valence-electron chi connectivity index (χ3n) is 4.07. The second kappa shape index (κ2) is 6.86. The van der Waals surface area contributed by atoms with E-state index in [2.05, 4.69) is 33.4 Å². The van der Waals surface area contributed by atoms with Crippen molar-refractivity contribution in [1.29, 1.82) is 0 Å². The summed E-state index contributed by atoms with van der Waals surface area (Å²) in [7, 11) is 0. The highest BCUT2D eigenvalue weighted by Crippen LogP contribution is 2.41. The average Bonchev–Trinajstić information content (AvgIpc) is 2.93. The molecule has 118 valence electrons. The Morgan fingerprint density at radius 1 is 1.32 bits per heavy atom. The lowest BCUT2D eigenvalue weighted by Gasteiger charge is -2.43. The molecule has 3 N–H and O–H groups in total. The van der Waals surface area contributed by atoms with Crippen LogP contribution in [0.2, 0.25) is 0 Å². The minimum atomic E-state index is -0.252. The van der Waals surface area contributed by atoms with Crippen molar-refractivity contribution in [2.75, 3.05) is 0 Å². The number of amides is 1. The molecule has 1 amide bonds. The molecule has 0 saturated heterocycles. The van der Waals surface area contributed by atoms with Crippen molar-refractivity contribution in [2.45, 2.75) is 31.3 Å². The Bertz CT molecular complexity index is 650. The summed E-state index contributed by atoms with van der Waals surface area (Å²) in [6.45, 7) is 0.297. The van der Waals surface area contributed by atoms with Gasteiger partial charge in [0.2, 0.25) is 0 Å². The number of halogens is 2. The maximum atomic E-state index is 12.4. The molecule has 22 heavy (non-hydrogen) atoms. The summed E-state index contributed by atoms with van der Waals surface area (Å²) in [5.41, 5.74) is 6.92. The minimum absolute atomic E-state index is 0. The normalized spacial score (nSPS) is 15.5. The fourth-order valence-electron chi connectivity index (χ4n) is 2.68. The van der Waals surface area contributed by atoms with Crippen LogP contribution < -0.4 is 11.1 Å². The molecular weight excluding hydrogens is 368 g/mol. The zero-order valence-corrected chi connectivity index (χ0v) is 14.4. The molecule has 1 aromatic carbocycles. The molecule has 0 atom stereocenters. The Kier molecular flexibility index (Phi) is 5.32. The number of rotatable bonds is 4. The first-order valence-electron chi connectivity index (χ1n) is 6.99. The topological polar surface area (TPSA) is 68.3 Å². The lowest BCUT2D eigenvalue weighted by atomic mass is 9.71. The summed E-state index contributed by atoms with van der Waals surface area (Å²) in [5.74, 6) is 0.507. The van der Waals surface area contributed by atoms with Gasteiger partial charge in [-0.25, -0.2) is 0 Å². The third-order valence-corrected chi connectivity index (χ3v) is 4.60. The van der Waals surface area contributed by atoms with Crippen LogP contribution in [0.4, 0.5) is 0 Å². The molecule has 1 heterocycles. The van der Waals surface area contributed by atoms with Gasteiger partial charge in [-0.15, -0.1) is 12.4 Å². The number of carbonyl (C=O) groups is 1. The number of carbonyl (C=O) groups excluding carboxylic acids is 1. The van der Waals surface area contributed by atoms with Gasteiger partial charge in [0.25, 0.3) is 5.91 Å². The molecule has 1 aliphatic rings. The fourth-order valence-corrected chi connectivity index (χ4v) is 2.95. The van der Waals surface area contributed by atoms with Crippen LogP contribution in [0.3, 0.4) is 0 Å². The number of benzene rings is 1. The number of nitrogens with one attached hydrogen (secondary N) is 1. The Balaban J connectivity index is 0.00000176. The first-order valence-corrected chi connectivity index (χ1v) is 7.78. The molecule has 0 bridgehead atoms. The van der Waals surface area contributed by atoms with Crippen LogP contribution in [0.15, 0.2) is 45.5 Å². The van der Waals surface area contributed by atoms with Gasteiger partial charge in [-0.1, -0.05) is 28.1 Å². The largest absolute Gasteiger partial charge is 0.467 e. The van der Waals surface area contributed by atoms with Gasteiger partial charge in [0.15, 0.2) is 0 Å². The van der Waals surface area contributed by atoms with Crippen molar-refractivity contribution in [3.63, 3.8) is 0 Å². The van der Waals surface area contributed by atoms with E-state index in [9.17, 15) is 4.79 Å². The smallest absolute Gasteiger partial charge is 0.255 e. The Labute approximate surface area is 144 Å². The quantitative estimate of drug-likeness (QED) is 0.842. The molecule has 1 saturated carbocycles. The minimum Gasteiger partial charge on any atom is -0.467 e. The van der Waals surface area contributed by atoms with Crippen LogP contribution in [0.5, 0.6) is 0 Å². The number of furan rings is 1. The predicted octanol–water partition coefficient (Wildman–Crippen LogP) is 3.73. The van der Waals surface area contributed by atoms with Crippen molar-refractivity contribution >= 4 is 34.2 Å². The molecule has 1 aliphatic carbocycles. The van der Waals surface area contributed by atoms with Crippen LogP contribution >= 0.6 is 28.3 Å². The van der Waals surface area contributed by atoms with Gasteiger partial charge in [0.1, 0.15) is 12.0 Å². The van der Waals surface area contributed by atoms with Crippen LogP contribution in [0.1, 0.15) is 40.9 Å². The SMILES string of the molecule is Cl.NCc1cc(C(=O)NC2(c3ccc(Br)cc3)CCC2)co1. The second-order valence-corrected chi connectivity index (χ2v) is 6.32. The van der Waals surface area contributed by atoms with Crippen molar-refractivity contribution in [3.8, 4) is 0 Å². The molecule has 6 heteroatoms. The maximum Gasteiger partial charge on any atom is 0.255 e. The predicted molar refractivity (Wildman–Crippen MR) is 91.0 cm³/mol. The zero-order chi connectivity index (χ0) is 14.9. The molecular formula is C16H18BrClN2O2. The van der Waals surface area contributed by atoms with Gasteiger partial charge >= 0.3 is 0 Å². The summed E-state index contributed by atoms with van der Waals surface area (Å²) >= 11 is 3.44.